The Kier molecular flexibility index (Phi) is 4.16. The third kappa shape index (κ3) is 2.36. The molecule has 0 aromatic carbocycles. The molecule has 6 atom stereocenters. The van der Waals surface area contributed by atoms with Crippen molar-refractivity contribution in [3.05, 3.63) is 11.6 Å². The van der Waals surface area contributed by atoms with Gasteiger partial charge in [0.1, 0.15) is 12.4 Å². The van der Waals surface area contributed by atoms with Crippen LogP contribution >= 0.6 is 0 Å². The zero-order chi connectivity index (χ0) is 18.7. The molecule has 0 radical (unpaired) electrons. The van der Waals surface area contributed by atoms with Crippen LogP contribution in [0.1, 0.15) is 65.7 Å². The minimum Gasteiger partial charge on any atom is -0.465 e. The lowest BCUT2D eigenvalue weighted by Crippen LogP contribution is -2.56. The summed E-state index contributed by atoms with van der Waals surface area (Å²) in [5.41, 5.74) is 0.838. The highest BCUT2D eigenvalue weighted by Crippen LogP contribution is 2.65. The summed E-state index contributed by atoms with van der Waals surface area (Å²) in [6.45, 7) is 6.19. The Bertz CT molecular complexity index is 692. The maximum atomic E-state index is 12.6. The van der Waals surface area contributed by atoms with Crippen LogP contribution in [0.15, 0.2) is 11.6 Å². The van der Waals surface area contributed by atoms with Gasteiger partial charge in [-0.2, -0.15) is 0 Å². The van der Waals surface area contributed by atoms with Gasteiger partial charge in [0.05, 0.1) is 0 Å². The van der Waals surface area contributed by atoms with Crippen LogP contribution in [-0.4, -0.2) is 24.1 Å². The van der Waals surface area contributed by atoms with Crippen molar-refractivity contribution in [2.24, 2.45) is 34.5 Å². The molecule has 26 heavy (non-hydrogen) atoms. The van der Waals surface area contributed by atoms with Gasteiger partial charge in [-0.1, -0.05) is 19.4 Å². The predicted molar refractivity (Wildman–Crippen MR) is 97.2 cm³/mol. The molecule has 4 rings (SSSR count). The molecule has 1 unspecified atom stereocenters. The first kappa shape index (κ1) is 17.9. The van der Waals surface area contributed by atoms with Crippen LogP contribution in [0.2, 0.25) is 0 Å². The molecule has 0 aliphatic heterocycles. The molecule has 0 bridgehead atoms. The zero-order valence-electron chi connectivity index (χ0n) is 16.2. The molecule has 0 saturated heterocycles. The van der Waals surface area contributed by atoms with Crippen molar-refractivity contribution in [3.8, 4) is 0 Å². The highest BCUT2D eigenvalue weighted by atomic mass is 16.5. The monoisotopic (exact) mass is 358 g/mol. The second kappa shape index (κ2) is 6.03. The lowest BCUT2D eigenvalue weighted by atomic mass is 9.45. The van der Waals surface area contributed by atoms with Crippen molar-refractivity contribution in [3.63, 3.8) is 0 Å². The van der Waals surface area contributed by atoms with Crippen molar-refractivity contribution in [2.75, 3.05) is 6.61 Å². The van der Waals surface area contributed by atoms with E-state index in [-0.39, 0.29) is 28.5 Å². The van der Waals surface area contributed by atoms with E-state index in [0.29, 0.717) is 36.6 Å². The normalized spacial score (nSPS) is 44.7. The van der Waals surface area contributed by atoms with E-state index in [4.69, 9.17) is 4.74 Å². The Labute approximate surface area is 155 Å². The summed E-state index contributed by atoms with van der Waals surface area (Å²) in [7, 11) is 0. The molecule has 0 aromatic heterocycles. The van der Waals surface area contributed by atoms with Gasteiger partial charge in [-0.15, -0.1) is 0 Å². The molecule has 4 nitrogen and oxygen atoms in total. The lowest BCUT2D eigenvalue weighted by molar-refractivity contribution is -0.153. The molecular formula is C22H30O4. The van der Waals surface area contributed by atoms with Crippen molar-refractivity contribution in [2.45, 2.75) is 65.7 Å². The van der Waals surface area contributed by atoms with E-state index >= 15 is 0 Å². The third-order valence-corrected chi connectivity index (χ3v) is 8.39. The van der Waals surface area contributed by atoms with Crippen LogP contribution < -0.4 is 0 Å². The van der Waals surface area contributed by atoms with Crippen LogP contribution in [-0.2, 0) is 19.1 Å². The van der Waals surface area contributed by atoms with E-state index in [1.165, 1.54) is 12.5 Å². The van der Waals surface area contributed by atoms with E-state index in [1.54, 1.807) is 0 Å². The van der Waals surface area contributed by atoms with Crippen LogP contribution in [0.3, 0.4) is 0 Å². The molecule has 0 N–H and O–H groups in total. The Morgan fingerprint density at radius 3 is 2.69 bits per heavy atom. The van der Waals surface area contributed by atoms with Gasteiger partial charge in [-0.25, -0.2) is 0 Å². The van der Waals surface area contributed by atoms with E-state index in [0.717, 1.165) is 38.5 Å². The molecule has 0 spiro atoms. The number of fused-ring (bicyclic) bond motifs is 5. The van der Waals surface area contributed by atoms with Gasteiger partial charge in [-0.3, -0.25) is 14.4 Å². The summed E-state index contributed by atoms with van der Waals surface area (Å²) in [6, 6.07) is 0. The fraction of sp³-hybridized carbons (Fsp3) is 0.773. The SMILES string of the molecule is CC(=O)OC[C@@]12C(=CC(=O)CC1C)CC[C@@H]1[C@H]2CC[C@]2(C)C(=O)CC[C@@H]12. The topological polar surface area (TPSA) is 60.4 Å². The standard InChI is InChI=1S/C22H30O4/c1-13-10-16(24)11-15-4-5-17-18-6-7-20(25)21(18,3)9-8-19(17)22(13,15)12-26-14(2)23/h11,13,17-19H,4-10,12H2,1-3H3/t13?,17-,18-,19+,21-,22-/m0/s1. The summed E-state index contributed by atoms with van der Waals surface area (Å²) in [5, 5.41) is 0. The second-order valence-corrected chi connectivity index (χ2v) is 9.40. The van der Waals surface area contributed by atoms with Crippen LogP contribution in [0, 0.1) is 34.5 Å². The van der Waals surface area contributed by atoms with Crippen LogP contribution in [0.4, 0.5) is 0 Å². The molecule has 142 valence electrons. The van der Waals surface area contributed by atoms with Crippen molar-refractivity contribution < 1.29 is 19.1 Å². The van der Waals surface area contributed by atoms with Gasteiger partial charge < -0.3 is 4.74 Å². The summed E-state index contributed by atoms with van der Waals surface area (Å²) < 4.78 is 5.60. The van der Waals surface area contributed by atoms with Crippen molar-refractivity contribution >= 4 is 17.5 Å². The van der Waals surface area contributed by atoms with Crippen LogP contribution in [0.5, 0.6) is 0 Å². The predicted octanol–water partition coefficient (Wildman–Crippen LogP) is 3.88. The third-order valence-electron chi connectivity index (χ3n) is 8.39. The van der Waals surface area contributed by atoms with E-state index in [1.807, 2.05) is 6.08 Å². The Hall–Kier alpha value is -1.45. The number of ether oxygens (including phenoxy) is 1. The number of esters is 1. The maximum absolute atomic E-state index is 12.6. The number of carbonyl (C=O) groups is 3. The van der Waals surface area contributed by atoms with Crippen molar-refractivity contribution in [1.29, 1.82) is 0 Å². The first-order valence-corrected chi connectivity index (χ1v) is 10.2. The van der Waals surface area contributed by atoms with Gasteiger partial charge in [0.15, 0.2) is 5.78 Å². The average molecular weight is 358 g/mol. The number of hydrogen-bond donors (Lipinski definition) is 0. The highest BCUT2D eigenvalue weighted by molar-refractivity contribution is 5.92. The van der Waals surface area contributed by atoms with Gasteiger partial charge >= 0.3 is 5.97 Å². The number of hydrogen-bond acceptors (Lipinski definition) is 4. The number of rotatable bonds is 2. The average Bonchev–Trinajstić information content (AvgIpc) is 2.88. The minimum absolute atomic E-state index is 0.154. The first-order valence-electron chi connectivity index (χ1n) is 10.2. The second-order valence-electron chi connectivity index (χ2n) is 9.40. The smallest absolute Gasteiger partial charge is 0.302 e. The van der Waals surface area contributed by atoms with E-state index < -0.39 is 0 Å². The molecule has 4 heteroatoms. The van der Waals surface area contributed by atoms with Gasteiger partial charge in [0.2, 0.25) is 0 Å². The fourth-order valence-electron chi connectivity index (χ4n) is 7.08. The summed E-state index contributed by atoms with van der Waals surface area (Å²) in [6.07, 6.45) is 8.02. The molecule has 4 aliphatic carbocycles. The highest BCUT2D eigenvalue weighted by Gasteiger charge is 2.62. The van der Waals surface area contributed by atoms with Gasteiger partial charge in [0, 0.05) is 30.6 Å². The molecule has 0 aromatic rings. The Balaban J connectivity index is 1.75. The maximum Gasteiger partial charge on any atom is 0.302 e. The minimum atomic E-state index is -0.248. The molecule has 4 aliphatic rings. The number of Topliss-reactive ketones (excluding diaryl/α,β-unsaturated/α-hetero) is 1. The molecule has 0 heterocycles. The zero-order valence-corrected chi connectivity index (χ0v) is 16.2. The van der Waals surface area contributed by atoms with E-state index in [9.17, 15) is 14.4 Å². The molecule has 0 amide bonds. The quantitative estimate of drug-likeness (QED) is 0.703. The Morgan fingerprint density at radius 2 is 1.96 bits per heavy atom. The van der Waals surface area contributed by atoms with Crippen LogP contribution in [0.25, 0.3) is 0 Å². The van der Waals surface area contributed by atoms with Gasteiger partial charge in [0.25, 0.3) is 0 Å². The molecule has 3 saturated carbocycles. The number of carbonyl (C=O) groups excluding carboxylic acids is 3. The van der Waals surface area contributed by atoms with E-state index in [2.05, 4.69) is 13.8 Å². The van der Waals surface area contributed by atoms with Crippen molar-refractivity contribution in [1.82, 2.24) is 0 Å². The summed E-state index contributed by atoms with van der Waals surface area (Å²) >= 11 is 0. The lowest BCUT2D eigenvalue weighted by Gasteiger charge is -2.59. The molecular weight excluding hydrogens is 328 g/mol. The fourth-order valence-corrected chi connectivity index (χ4v) is 7.08. The number of ketones is 2. The summed E-state index contributed by atoms with van der Waals surface area (Å²) in [4.78, 5) is 36.4. The Morgan fingerprint density at radius 1 is 1.19 bits per heavy atom. The first-order chi connectivity index (χ1) is 12.3. The molecule has 3 fully saturated rings. The summed E-state index contributed by atoms with van der Waals surface area (Å²) in [5.74, 6) is 1.96. The van der Waals surface area contributed by atoms with Gasteiger partial charge in [-0.05, 0) is 61.9 Å². The largest absolute Gasteiger partial charge is 0.465 e.